The van der Waals surface area contributed by atoms with Crippen molar-refractivity contribution in [3.63, 3.8) is 0 Å². The summed E-state index contributed by atoms with van der Waals surface area (Å²) in [4.78, 5) is 13.8. The van der Waals surface area contributed by atoms with Gasteiger partial charge in [0, 0.05) is 25.0 Å². The van der Waals surface area contributed by atoms with Crippen molar-refractivity contribution < 1.29 is 13.9 Å². The molecule has 0 radical (unpaired) electrons. The van der Waals surface area contributed by atoms with Crippen LogP contribution in [0.5, 0.6) is 0 Å². The first-order valence-corrected chi connectivity index (χ1v) is 7.67. The smallest absolute Gasteiger partial charge is 0.410 e. The van der Waals surface area contributed by atoms with Crippen molar-refractivity contribution in [2.45, 2.75) is 51.7 Å². The highest BCUT2D eigenvalue weighted by atomic mass is 19.1. The van der Waals surface area contributed by atoms with Crippen molar-refractivity contribution in [2.24, 2.45) is 5.73 Å². The normalized spacial score (nSPS) is 22.5. The van der Waals surface area contributed by atoms with Gasteiger partial charge in [0.15, 0.2) is 0 Å². The van der Waals surface area contributed by atoms with Gasteiger partial charge in [-0.25, -0.2) is 9.18 Å². The highest BCUT2D eigenvalue weighted by Gasteiger charge is 2.32. The second-order valence-corrected chi connectivity index (χ2v) is 6.99. The predicted octanol–water partition coefficient (Wildman–Crippen LogP) is 3.19. The van der Waals surface area contributed by atoms with Gasteiger partial charge in [0.25, 0.3) is 0 Å². The first-order chi connectivity index (χ1) is 10.2. The summed E-state index contributed by atoms with van der Waals surface area (Å²) in [6.07, 6.45) is 0.435. The number of hydrogen-bond acceptors (Lipinski definition) is 3. The van der Waals surface area contributed by atoms with Crippen LogP contribution in [0.3, 0.4) is 0 Å². The van der Waals surface area contributed by atoms with Crippen molar-refractivity contribution in [1.82, 2.24) is 4.90 Å². The fourth-order valence-electron chi connectivity index (χ4n) is 2.92. The zero-order valence-corrected chi connectivity index (χ0v) is 13.7. The molecule has 0 saturated carbocycles. The molecule has 1 aliphatic rings. The zero-order valence-electron chi connectivity index (χ0n) is 13.7. The lowest BCUT2D eigenvalue weighted by molar-refractivity contribution is 0.0186. The molecule has 0 bridgehead atoms. The van der Waals surface area contributed by atoms with Crippen LogP contribution in [0, 0.1) is 12.7 Å². The minimum absolute atomic E-state index is 0.138. The Hall–Kier alpha value is -1.62. The van der Waals surface area contributed by atoms with Gasteiger partial charge in [-0.05, 0) is 57.4 Å². The Kier molecular flexibility index (Phi) is 4.75. The second-order valence-electron chi connectivity index (χ2n) is 6.99. The lowest BCUT2D eigenvalue weighted by Gasteiger charge is -2.38. The molecule has 0 spiro atoms. The molecule has 4 nitrogen and oxygen atoms in total. The number of amides is 1. The number of carbonyl (C=O) groups excluding carboxylic acids is 1. The second kappa shape index (κ2) is 6.24. The molecule has 1 heterocycles. The van der Waals surface area contributed by atoms with Crippen LogP contribution < -0.4 is 5.73 Å². The number of carbonyl (C=O) groups is 1. The summed E-state index contributed by atoms with van der Waals surface area (Å²) < 4.78 is 18.6. The van der Waals surface area contributed by atoms with Crippen LogP contribution in [0.4, 0.5) is 9.18 Å². The van der Waals surface area contributed by atoms with Gasteiger partial charge < -0.3 is 15.4 Å². The van der Waals surface area contributed by atoms with Crippen molar-refractivity contribution in [3.05, 3.63) is 35.1 Å². The molecule has 0 aliphatic carbocycles. The van der Waals surface area contributed by atoms with Gasteiger partial charge in [0.2, 0.25) is 0 Å². The molecule has 1 amide bonds. The van der Waals surface area contributed by atoms with Gasteiger partial charge in [-0.1, -0.05) is 6.07 Å². The molecular weight excluding hydrogens is 283 g/mol. The van der Waals surface area contributed by atoms with Crippen LogP contribution in [0.2, 0.25) is 0 Å². The number of ether oxygens (including phenoxy) is 1. The van der Waals surface area contributed by atoms with Crippen molar-refractivity contribution in [2.75, 3.05) is 13.1 Å². The lowest BCUT2D eigenvalue weighted by atomic mass is 9.83. The maximum atomic E-state index is 13.2. The number of nitrogens with two attached hydrogens (primary N) is 1. The van der Waals surface area contributed by atoms with Crippen molar-refractivity contribution in [3.8, 4) is 0 Å². The molecule has 2 rings (SSSR count). The maximum absolute atomic E-state index is 13.2. The molecule has 1 fully saturated rings. The van der Waals surface area contributed by atoms with E-state index < -0.39 is 5.60 Å². The SMILES string of the molecule is Cc1cc(F)ccc1[C@@H]1CCN(C(=O)OC(C)(C)C)C[C@@H]1N. The van der Waals surface area contributed by atoms with Crippen LogP contribution in [-0.4, -0.2) is 35.7 Å². The highest BCUT2D eigenvalue weighted by molar-refractivity contribution is 5.68. The lowest BCUT2D eigenvalue weighted by Crippen LogP contribution is -2.50. The van der Waals surface area contributed by atoms with Crippen LogP contribution in [0.25, 0.3) is 0 Å². The first-order valence-electron chi connectivity index (χ1n) is 7.67. The molecular formula is C17H25FN2O2. The van der Waals surface area contributed by atoms with E-state index in [9.17, 15) is 9.18 Å². The monoisotopic (exact) mass is 308 g/mol. The standard InChI is InChI=1S/C17H25FN2O2/c1-11-9-12(18)5-6-13(11)14-7-8-20(10-15(14)19)16(21)22-17(2,3)4/h5-6,9,14-15H,7-8,10,19H2,1-4H3/t14-,15-/m0/s1. The van der Waals surface area contributed by atoms with Gasteiger partial charge in [-0.3, -0.25) is 0 Å². The van der Waals surface area contributed by atoms with Crippen LogP contribution in [0.15, 0.2) is 18.2 Å². The van der Waals surface area contributed by atoms with E-state index in [2.05, 4.69) is 0 Å². The first kappa shape index (κ1) is 16.7. The number of hydrogen-bond donors (Lipinski definition) is 1. The van der Waals surface area contributed by atoms with Gasteiger partial charge in [-0.2, -0.15) is 0 Å². The van der Waals surface area contributed by atoms with E-state index in [0.29, 0.717) is 13.1 Å². The topological polar surface area (TPSA) is 55.6 Å². The molecule has 1 aromatic carbocycles. The molecule has 1 saturated heterocycles. The maximum Gasteiger partial charge on any atom is 0.410 e. The average Bonchev–Trinajstić information content (AvgIpc) is 2.37. The van der Waals surface area contributed by atoms with E-state index in [0.717, 1.165) is 17.5 Å². The van der Waals surface area contributed by atoms with Gasteiger partial charge >= 0.3 is 6.09 Å². The van der Waals surface area contributed by atoms with E-state index in [4.69, 9.17) is 10.5 Å². The number of rotatable bonds is 1. The molecule has 122 valence electrons. The Bertz CT molecular complexity index is 554. The Morgan fingerprint density at radius 2 is 2.09 bits per heavy atom. The Labute approximate surface area is 131 Å². The van der Waals surface area contributed by atoms with E-state index in [1.165, 1.54) is 12.1 Å². The van der Waals surface area contributed by atoms with Crippen LogP contribution in [-0.2, 0) is 4.74 Å². The number of piperidine rings is 1. The summed E-state index contributed by atoms with van der Waals surface area (Å²) in [5.74, 6) is -0.0969. The summed E-state index contributed by atoms with van der Waals surface area (Å²) in [7, 11) is 0. The van der Waals surface area contributed by atoms with Crippen LogP contribution >= 0.6 is 0 Å². The average molecular weight is 308 g/mol. The molecule has 5 heteroatoms. The van der Waals surface area contributed by atoms with E-state index in [1.807, 2.05) is 27.7 Å². The summed E-state index contributed by atoms with van der Waals surface area (Å²) in [5.41, 5.74) is 7.73. The third kappa shape index (κ3) is 3.97. The molecule has 0 unspecified atom stereocenters. The zero-order chi connectivity index (χ0) is 16.5. The number of halogens is 1. The summed E-state index contributed by atoms with van der Waals surface area (Å²) in [6, 6.07) is 4.63. The fourth-order valence-corrected chi connectivity index (χ4v) is 2.92. The van der Waals surface area contributed by atoms with Crippen molar-refractivity contribution in [1.29, 1.82) is 0 Å². The highest BCUT2D eigenvalue weighted by Crippen LogP contribution is 2.30. The largest absolute Gasteiger partial charge is 0.444 e. The quantitative estimate of drug-likeness (QED) is 0.867. The minimum atomic E-state index is -0.508. The molecule has 22 heavy (non-hydrogen) atoms. The van der Waals surface area contributed by atoms with Gasteiger partial charge in [0.05, 0.1) is 0 Å². The molecule has 0 aromatic heterocycles. The minimum Gasteiger partial charge on any atom is -0.444 e. The summed E-state index contributed by atoms with van der Waals surface area (Å²) in [5, 5.41) is 0. The van der Waals surface area contributed by atoms with Crippen molar-refractivity contribution >= 4 is 6.09 Å². The molecule has 1 aliphatic heterocycles. The predicted molar refractivity (Wildman–Crippen MR) is 84.3 cm³/mol. The van der Waals surface area contributed by atoms with Crippen LogP contribution in [0.1, 0.15) is 44.2 Å². The van der Waals surface area contributed by atoms with Gasteiger partial charge in [-0.15, -0.1) is 0 Å². The number of benzene rings is 1. The van der Waals surface area contributed by atoms with E-state index in [1.54, 1.807) is 11.0 Å². The van der Waals surface area contributed by atoms with Gasteiger partial charge in [0.1, 0.15) is 11.4 Å². The number of likely N-dealkylation sites (tertiary alicyclic amines) is 1. The molecule has 1 aromatic rings. The Morgan fingerprint density at radius 1 is 1.41 bits per heavy atom. The third-order valence-electron chi connectivity index (χ3n) is 3.94. The molecule has 2 N–H and O–H groups in total. The Morgan fingerprint density at radius 3 is 2.64 bits per heavy atom. The summed E-state index contributed by atoms with van der Waals surface area (Å²) in [6.45, 7) is 8.49. The third-order valence-corrected chi connectivity index (χ3v) is 3.94. The summed E-state index contributed by atoms with van der Waals surface area (Å²) >= 11 is 0. The van der Waals surface area contributed by atoms with E-state index >= 15 is 0 Å². The molecule has 2 atom stereocenters. The number of aryl methyl sites for hydroxylation is 1. The number of nitrogens with zero attached hydrogens (tertiary/aromatic N) is 1. The Balaban J connectivity index is 2.05. The van der Waals surface area contributed by atoms with E-state index in [-0.39, 0.29) is 23.9 Å². The fraction of sp³-hybridized carbons (Fsp3) is 0.588.